The van der Waals surface area contributed by atoms with Crippen LogP contribution in [0.25, 0.3) is 0 Å². The second-order valence-corrected chi connectivity index (χ2v) is 5.43. The number of hydrogen-bond acceptors (Lipinski definition) is 2. The van der Waals surface area contributed by atoms with E-state index < -0.39 is 0 Å². The van der Waals surface area contributed by atoms with Crippen LogP contribution in [-0.2, 0) is 6.42 Å². The predicted molar refractivity (Wildman–Crippen MR) is 82.6 cm³/mol. The number of hydrogen-bond donors (Lipinski definition) is 0. The Balaban J connectivity index is 1.89. The lowest BCUT2D eigenvalue weighted by Crippen LogP contribution is -2.34. The normalized spacial score (nSPS) is 15.5. The van der Waals surface area contributed by atoms with E-state index >= 15 is 0 Å². The first-order valence-electron chi connectivity index (χ1n) is 7.26. The summed E-state index contributed by atoms with van der Waals surface area (Å²) in [6.45, 7) is 2.78. The molecule has 2 aromatic rings. The van der Waals surface area contributed by atoms with Crippen LogP contribution in [0.15, 0.2) is 48.5 Å². The summed E-state index contributed by atoms with van der Waals surface area (Å²) in [6.07, 6.45) is 0.808. The SMILES string of the molecule is CC(Oc1cccc2c1CCN(C)C2=O)c1ccccc1. The third-order valence-electron chi connectivity index (χ3n) is 3.98. The molecule has 108 valence electrons. The Morgan fingerprint density at radius 2 is 1.86 bits per heavy atom. The topological polar surface area (TPSA) is 29.5 Å². The van der Waals surface area contributed by atoms with E-state index in [9.17, 15) is 4.79 Å². The molecule has 0 radical (unpaired) electrons. The predicted octanol–water partition coefficient (Wildman–Crippen LogP) is 3.45. The van der Waals surface area contributed by atoms with Crippen molar-refractivity contribution >= 4 is 5.91 Å². The standard InChI is InChI=1S/C18H19NO2/c1-13(14-7-4-3-5-8-14)21-17-10-6-9-16-15(17)11-12-19(2)18(16)20/h3-10,13H,11-12H2,1-2H3. The number of amides is 1. The largest absolute Gasteiger partial charge is 0.486 e. The number of ether oxygens (including phenoxy) is 1. The van der Waals surface area contributed by atoms with Gasteiger partial charge in [-0.3, -0.25) is 4.79 Å². The smallest absolute Gasteiger partial charge is 0.254 e. The van der Waals surface area contributed by atoms with Crippen LogP contribution in [0.4, 0.5) is 0 Å². The Hall–Kier alpha value is -2.29. The number of likely N-dealkylation sites (N-methyl/N-ethyl adjacent to an activating group) is 1. The molecule has 3 heteroatoms. The van der Waals surface area contributed by atoms with Gasteiger partial charge in [0.25, 0.3) is 5.91 Å². The molecule has 3 nitrogen and oxygen atoms in total. The zero-order valence-electron chi connectivity index (χ0n) is 12.4. The maximum absolute atomic E-state index is 12.2. The lowest BCUT2D eigenvalue weighted by Gasteiger charge is -2.27. The van der Waals surface area contributed by atoms with Gasteiger partial charge in [0.05, 0.1) is 0 Å². The number of carbonyl (C=O) groups excluding carboxylic acids is 1. The van der Waals surface area contributed by atoms with Crippen molar-refractivity contribution < 1.29 is 9.53 Å². The molecule has 0 saturated heterocycles. The highest BCUT2D eigenvalue weighted by molar-refractivity contribution is 5.97. The summed E-state index contributed by atoms with van der Waals surface area (Å²) in [4.78, 5) is 14.0. The summed E-state index contributed by atoms with van der Waals surface area (Å²) in [5.41, 5.74) is 2.93. The quantitative estimate of drug-likeness (QED) is 0.862. The molecule has 21 heavy (non-hydrogen) atoms. The fourth-order valence-electron chi connectivity index (χ4n) is 2.70. The van der Waals surface area contributed by atoms with Crippen LogP contribution >= 0.6 is 0 Å². The van der Waals surface area contributed by atoms with Crippen LogP contribution in [-0.4, -0.2) is 24.4 Å². The van der Waals surface area contributed by atoms with Gasteiger partial charge in [-0.2, -0.15) is 0 Å². The van der Waals surface area contributed by atoms with Gasteiger partial charge in [0.2, 0.25) is 0 Å². The van der Waals surface area contributed by atoms with E-state index in [-0.39, 0.29) is 12.0 Å². The number of rotatable bonds is 3. The van der Waals surface area contributed by atoms with Crippen molar-refractivity contribution in [1.29, 1.82) is 0 Å². The molecule has 0 aromatic heterocycles. The van der Waals surface area contributed by atoms with Gasteiger partial charge < -0.3 is 9.64 Å². The fraction of sp³-hybridized carbons (Fsp3) is 0.278. The highest BCUT2D eigenvalue weighted by atomic mass is 16.5. The van der Waals surface area contributed by atoms with E-state index in [0.29, 0.717) is 0 Å². The molecule has 3 rings (SSSR count). The molecular weight excluding hydrogens is 262 g/mol. The molecule has 0 spiro atoms. The minimum absolute atomic E-state index is 0.0348. The summed E-state index contributed by atoms with van der Waals surface area (Å²) < 4.78 is 6.11. The monoisotopic (exact) mass is 281 g/mol. The van der Waals surface area contributed by atoms with E-state index in [1.165, 1.54) is 0 Å². The molecule has 1 aliphatic rings. The molecule has 0 aliphatic carbocycles. The molecule has 1 unspecified atom stereocenters. The summed E-state index contributed by atoms with van der Waals surface area (Å²) in [7, 11) is 1.84. The van der Waals surface area contributed by atoms with E-state index in [0.717, 1.165) is 35.4 Å². The average Bonchev–Trinajstić information content (AvgIpc) is 2.52. The van der Waals surface area contributed by atoms with Crippen molar-refractivity contribution in [2.75, 3.05) is 13.6 Å². The zero-order valence-corrected chi connectivity index (χ0v) is 12.4. The van der Waals surface area contributed by atoms with Crippen LogP contribution < -0.4 is 4.74 Å². The van der Waals surface area contributed by atoms with Crippen LogP contribution in [0.3, 0.4) is 0 Å². The van der Waals surface area contributed by atoms with E-state index in [4.69, 9.17) is 4.74 Å². The van der Waals surface area contributed by atoms with Crippen molar-refractivity contribution in [3.8, 4) is 5.75 Å². The average molecular weight is 281 g/mol. The van der Waals surface area contributed by atoms with Crippen LogP contribution in [0.2, 0.25) is 0 Å². The maximum Gasteiger partial charge on any atom is 0.254 e. The van der Waals surface area contributed by atoms with Crippen molar-refractivity contribution in [2.45, 2.75) is 19.4 Å². The Labute approximate surface area is 125 Å². The number of fused-ring (bicyclic) bond motifs is 1. The molecule has 0 bridgehead atoms. The second kappa shape index (κ2) is 5.60. The van der Waals surface area contributed by atoms with E-state index in [2.05, 4.69) is 12.1 Å². The molecule has 1 aliphatic heterocycles. The van der Waals surface area contributed by atoms with Gasteiger partial charge in [-0.05, 0) is 31.0 Å². The lowest BCUT2D eigenvalue weighted by atomic mass is 9.98. The van der Waals surface area contributed by atoms with Crippen molar-refractivity contribution in [1.82, 2.24) is 4.90 Å². The number of benzene rings is 2. The van der Waals surface area contributed by atoms with Gasteiger partial charge in [0.15, 0.2) is 0 Å². The molecule has 0 fully saturated rings. The summed E-state index contributed by atoms with van der Waals surface area (Å²) in [5, 5.41) is 0. The molecule has 2 aromatic carbocycles. The summed E-state index contributed by atoms with van der Waals surface area (Å²) in [5.74, 6) is 0.902. The highest BCUT2D eigenvalue weighted by Gasteiger charge is 2.24. The minimum atomic E-state index is -0.0348. The molecular formula is C18H19NO2. The van der Waals surface area contributed by atoms with Gasteiger partial charge in [-0.25, -0.2) is 0 Å². The zero-order chi connectivity index (χ0) is 14.8. The molecule has 1 heterocycles. The Kier molecular flexibility index (Phi) is 3.65. The fourth-order valence-corrected chi connectivity index (χ4v) is 2.70. The van der Waals surface area contributed by atoms with E-state index in [1.807, 2.05) is 50.4 Å². The number of nitrogens with zero attached hydrogens (tertiary/aromatic N) is 1. The maximum atomic E-state index is 12.2. The van der Waals surface area contributed by atoms with Gasteiger partial charge in [0, 0.05) is 24.7 Å². The summed E-state index contributed by atoms with van der Waals surface area (Å²) in [6, 6.07) is 15.8. The minimum Gasteiger partial charge on any atom is -0.486 e. The molecule has 1 atom stereocenters. The molecule has 0 saturated carbocycles. The molecule has 1 amide bonds. The van der Waals surface area contributed by atoms with Crippen molar-refractivity contribution in [2.24, 2.45) is 0 Å². The van der Waals surface area contributed by atoms with Crippen LogP contribution in [0.5, 0.6) is 5.75 Å². The lowest BCUT2D eigenvalue weighted by molar-refractivity contribution is 0.0778. The third-order valence-corrected chi connectivity index (χ3v) is 3.98. The van der Waals surface area contributed by atoms with Gasteiger partial charge in [-0.15, -0.1) is 0 Å². The van der Waals surface area contributed by atoms with Crippen LogP contribution in [0, 0.1) is 0 Å². The van der Waals surface area contributed by atoms with Gasteiger partial charge in [-0.1, -0.05) is 36.4 Å². The molecule has 0 N–H and O–H groups in total. The highest BCUT2D eigenvalue weighted by Crippen LogP contribution is 2.30. The van der Waals surface area contributed by atoms with Gasteiger partial charge >= 0.3 is 0 Å². The summed E-state index contributed by atoms with van der Waals surface area (Å²) >= 11 is 0. The second-order valence-electron chi connectivity index (χ2n) is 5.43. The first kappa shape index (κ1) is 13.7. The van der Waals surface area contributed by atoms with E-state index in [1.54, 1.807) is 4.90 Å². The first-order chi connectivity index (χ1) is 10.2. The van der Waals surface area contributed by atoms with Crippen molar-refractivity contribution in [3.63, 3.8) is 0 Å². The Morgan fingerprint density at radius 1 is 1.10 bits per heavy atom. The van der Waals surface area contributed by atoms with Gasteiger partial charge in [0.1, 0.15) is 11.9 Å². The Morgan fingerprint density at radius 3 is 2.62 bits per heavy atom. The first-order valence-corrected chi connectivity index (χ1v) is 7.26. The van der Waals surface area contributed by atoms with Crippen molar-refractivity contribution in [3.05, 3.63) is 65.2 Å². The van der Waals surface area contributed by atoms with Crippen LogP contribution in [0.1, 0.15) is 34.5 Å². The Bertz CT molecular complexity index is 652. The third kappa shape index (κ3) is 2.64. The number of carbonyl (C=O) groups is 1.